The van der Waals surface area contributed by atoms with Crippen LogP contribution in [0.5, 0.6) is 11.5 Å². The molecule has 7 nitrogen and oxygen atoms in total. The van der Waals surface area contributed by atoms with E-state index in [4.69, 9.17) is 25.8 Å². The lowest BCUT2D eigenvalue weighted by atomic mass is 10.2. The van der Waals surface area contributed by atoms with Crippen LogP contribution >= 0.6 is 11.6 Å². The number of hydrogen-bond donors (Lipinski definition) is 1. The Labute approximate surface area is 182 Å². The molecule has 1 unspecified atom stereocenters. The molecule has 0 spiro atoms. The van der Waals surface area contributed by atoms with Gasteiger partial charge in [0.2, 0.25) is 0 Å². The molecule has 166 valence electrons. The number of nitrogens with one attached hydrogen (secondary N) is 1. The number of rotatable bonds is 9. The molecule has 3 rings (SSSR count). The van der Waals surface area contributed by atoms with Crippen LogP contribution in [0.1, 0.15) is 23.2 Å². The van der Waals surface area contributed by atoms with E-state index in [1.807, 2.05) is 0 Å². The Morgan fingerprint density at radius 2 is 1.97 bits per heavy atom. The first-order valence-electron chi connectivity index (χ1n) is 9.46. The second-order valence-electron chi connectivity index (χ2n) is 6.62. The highest BCUT2D eigenvalue weighted by molar-refractivity contribution is 6.32. The van der Waals surface area contributed by atoms with E-state index in [1.54, 1.807) is 12.1 Å². The van der Waals surface area contributed by atoms with Crippen LogP contribution in [0.15, 0.2) is 42.5 Å². The van der Waals surface area contributed by atoms with Crippen molar-refractivity contribution < 1.29 is 37.3 Å². The van der Waals surface area contributed by atoms with Gasteiger partial charge in [0.15, 0.2) is 6.61 Å². The second kappa shape index (κ2) is 10.9. The van der Waals surface area contributed by atoms with Crippen LogP contribution in [-0.4, -0.2) is 44.4 Å². The van der Waals surface area contributed by atoms with Crippen molar-refractivity contribution in [3.8, 4) is 11.5 Å². The Morgan fingerprint density at radius 3 is 2.61 bits per heavy atom. The summed E-state index contributed by atoms with van der Waals surface area (Å²) in [6.07, 6.45) is 2.08. The van der Waals surface area contributed by atoms with E-state index in [-0.39, 0.29) is 28.1 Å². The minimum atomic E-state index is -3.01. The zero-order chi connectivity index (χ0) is 22.2. The first-order chi connectivity index (χ1) is 14.9. The van der Waals surface area contributed by atoms with E-state index in [9.17, 15) is 18.4 Å². The number of benzene rings is 2. The van der Waals surface area contributed by atoms with Gasteiger partial charge in [-0.1, -0.05) is 11.6 Å². The van der Waals surface area contributed by atoms with Crippen molar-refractivity contribution in [3.63, 3.8) is 0 Å². The quantitative estimate of drug-likeness (QED) is 0.568. The first-order valence-corrected chi connectivity index (χ1v) is 9.84. The Morgan fingerprint density at radius 1 is 1.19 bits per heavy atom. The van der Waals surface area contributed by atoms with Crippen molar-refractivity contribution in [3.05, 3.63) is 53.1 Å². The number of hydrogen-bond acceptors (Lipinski definition) is 6. The number of alkyl halides is 2. The maximum absolute atomic E-state index is 12.2. The predicted octanol–water partition coefficient (Wildman–Crippen LogP) is 4.29. The van der Waals surface area contributed by atoms with Gasteiger partial charge < -0.3 is 24.3 Å². The standard InChI is InChI=1S/C21H20ClF2NO6/c22-17-10-14(5-8-18(17)31-21(23)24)25-19(26)12-30-20(27)13-3-6-15(7-4-13)29-11-16-2-1-9-28-16/h3-8,10,16,21H,1-2,9,11-12H2,(H,25,26). The fraction of sp³-hybridized carbons (Fsp3) is 0.333. The third-order valence-corrected chi connectivity index (χ3v) is 4.61. The summed E-state index contributed by atoms with van der Waals surface area (Å²) < 4.78 is 44.8. The van der Waals surface area contributed by atoms with Gasteiger partial charge in [-0.25, -0.2) is 4.79 Å². The molecule has 31 heavy (non-hydrogen) atoms. The van der Waals surface area contributed by atoms with E-state index >= 15 is 0 Å². The molecule has 0 bridgehead atoms. The van der Waals surface area contributed by atoms with Gasteiger partial charge in [-0.05, 0) is 55.3 Å². The highest BCUT2D eigenvalue weighted by atomic mass is 35.5. The number of ether oxygens (including phenoxy) is 4. The van der Waals surface area contributed by atoms with Crippen LogP contribution in [0.4, 0.5) is 14.5 Å². The predicted molar refractivity (Wildman–Crippen MR) is 108 cm³/mol. The topological polar surface area (TPSA) is 83.1 Å². The van der Waals surface area contributed by atoms with Gasteiger partial charge in [-0.2, -0.15) is 8.78 Å². The van der Waals surface area contributed by atoms with Crippen molar-refractivity contribution >= 4 is 29.2 Å². The Balaban J connectivity index is 1.44. The molecule has 1 aliphatic heterocycles. The summed E-state index contributed by atoms with van der Waals surface area (Å²) in [6.45, 7) is -2.36. The number of esters is 1. The second-order valence-corrected chi connectivity index (χ2v) is 7.03. The fourth-order valence-electron chi connectivity index (χ4n) is 2.83. The van der Waals surface area contributed by atoms with E-state index < -0.39 is 25.1 Å². The van der Waals surface area contributed by atoms with Crippen LogP contribution in [0.25, 0.3) is 0 Å². The molecule has 0 radical (unpaired) electrons. The molecule has 2 aromatic rings. The molecule has 1 amide bonds. The van der Waals surface area contributed by atoms with Gasteiger partial charge in [0.25, 0.3) is 5.91 Å². The molecule has 1 atom stereocenters. The average molecular weight is 456 g/mol. The maximum Gasteiger partial charge on any atom is 0.387 e. The van der Waals surface area contributed by atoms with Gasteiger partial charge in [-0.15, -0.1) is 0 Å². The molecule has 1 saturated heterocycles. The lowest BCUT2D eigenvalue weighted by molar-refractivity contribution is -0.119. The molecule has 1 fully saturated rings. The van der Waals surface area contributed by atoms with Crippen molar-refractivity contribution in [1.29, 1.82) is 0 Å². The largest absolute Gasteiger partial charge is 0.491 e. The number of amides is 1. The smallest absolute Gasteiger partial charge is 0.387 e. The van der Waals surface area contributed by atoms with E-state index in [2.05, 4.69) is 10.1 Å². The number of carbonyl (C=O) groups is 2. The van der Waals surface area contributed by atoms with Gasteiger partial charge in [-0.3, -0.25) is 4.79 Å². The number of anilines is 1. The van der Waals surface area contributed by atoms with Crippen molar-refractivity contribution in [2.45, 2.75) is 25.6 Å². The van der Waals surface area contributed by atoms with Crippen LogP contribution in [0, 0.1) is 0 Å². The molecule has 1 N–H and O–H groups in total. The summed E-state index contributed by atoms with van der Waals surface area (Å²) in [6, 6.07) is 10.1. The van der Waals surface area contributed by atoms with Crippen molar-refractivity contribution in [1.82, 2.24) is 0 Å². The zero-order valence-corrected chi connectivity index (χ0v) is 17.1. The SMILES string of the molecule is O=C(COC(=O)c1ccc(OCC2CCCO2)cc1)Nc1ccc(OC(F)F)c(Cl)c1. The number of halogens is 3. The summed E-state index contributed by atoms with van der Waals surface area (Å²) in [5.74, 6) is -0.923. The highest BCUT2D eigenvalue weighted by Crippen LogP contribution is 2.29. The maximum atomic E-state index is 12.2. The van der Waals surface area contributed by atoms with E-state index in [1.165, 1.54) is 30.3 Å². The molecule has 1 heterocycles. The van der Waals surface area contributed by atoms with Crippen LogP contribution in [0.2, 0.25) is 5.02 Å². The molecule has 10 heteroatoms. The third kappa shape index (κ3) is 7.08. The lowest BCUT2D eigenvalue weighted by Crippen LogP contribution is -2.21. The van der Waals surface area contributed by atoms with Crippen molar-refractivity contribution in [2.75, 3.05) is 25.1 Å². The molecule has 2 aromatic carbocycles. The summed E-state index contributed by atoms with van der Waals surface area (Å²) >= 11 is 5.82. The molecule has 0 aliphatic carbocycles. The molecular weight excluding hydrogens is 436 g/mol. The normalized spacial score (nSPS) is 15.5. The lowest BCUT2D eigenvalue weighted by Gasteiger charge is -2.12. The highest BCUT2D eigenvalue weighted by Gasteiger charge is 2.16. The minimum Gasteiger partial charge on any atom is -0.491 e. The van der Waals surface area contributed by atoms with Gasteiger partial charge in [0, 0.05) is 12.3 Å². The third-order valence-electron chi connectivity index (χ3n) is 4.32. The summed E-state index contributed by atoms with van der Waals surface area (Å²) in [4.78, 5) is 24.1. The molecule has 0 aromatic heterocycles. The van der Waals surface area contributed by atoms with E-state index in [0.29, 0.717) is 12.4 Å². The minimum absolute atomic E-state index is 0.0890. The fourth-order valence-corrected chi connectivity index (χ4v) is 3.06. The zero-order valence-electron chi connectivity index (χ0n) is 16.3. The summed E-state index contributed by atoms with van der Waals surface area (Å²) in [5.41, 5.74) is 0.495. The van der Waals surface area contributed by atoms with Crippen LogP contribution in [-0.2, 0) is 14.3 Å². The average Bonchev–Trinajstić information content (AvgIpc) is 3.26. The molecule has 0 saturated carbocycles. The Hall–Kier alpha value is -2.91. The van der Waals surface area contributed by atoms with Gasteiger partial charge in [0.1, 0.15) is 18.1 Å². The van der Waals surface area contributed by atoms with E-state index in [0.717, 1.165) is 19.4 Å². The molecular formula is C21H20ClF2NO6. The van der Waals surface area contributed by atoms with Crippen LogP contribution < -0.4 is 14.8 Å². The van der Waals surface area contributed by atoms with Crippen molar-refractivity contribution in [2.24, 2.45) is 0 Å². The van der Waals surface area contributed by atoms with Gasteiger partial charge in [0.05, 0.1) is 16.7 Å². The molecule has 1 aliphatic rings. The summed E-state index contributed by atoms with van der Waals surface area (Å²) in [7, 11) is 0. The first kappa shape index (κ1) is 22.8. The number of carbonyl (C=O) groups excluding carboxylic acids is 2. The van der Waals surface area contributed by atoms with Gasteiger partial charge >= 0.3 is 12.6 Å². The Bertz CT molecular complexity index is 903. The summed E-state index contributed by atoms with van der Waals surface area (Å²) in [5, 5.41) is 2.35. The van der Waals surface area contributed by atoms with Crippen LogP contribution in [0.3, 0.4) is 0 Å². The Kier molecular flexibility index (Phi) is 8.02. The monoisotopic (exact) mass is 455 g/mol.